The van der Waals surface area contributed by atoms with E-state index >= 15 is 0 Å². The van der Waals surface area contributed by atoms with Crippen molar-refractivity contribution < 1.29 is 13.2 Å². The highest BCUT2D eigenvalue weighted by Crippen LogP contribution is 2.59. The van der Waals surface area contributed by atoms with E-state index in [0.717, 1.165) is 41.8 Å². The van der Waals surface area contributed by atoms with Crippen LogP contribution in [0.4, 0.5) is 5.69 Å². The third kappa shape index (κ3) is 6.35. The molecule has 0 radical (unpaired) electrons. The number of fused-ring (bicyclic) bond motifs is 2. The average Bonchev–Trinajstić information content (AvgIpc) is 3.60. The summed E-state index contributed by atoms with van der Waals surface area (Å²) in [6.07, 6.45) is 2.32. The topological polar surface area (TPSA) is 81.8 Å². The second kappa shape index (κ2) is 11.2. The highest BCUT2D eigenvalue weighted by molar-refractivity contribution is 7.89. The fourth-order valence-corrected chi connectivity index (χ4v) is 7.48. The van der Waals surface area contributed by atoms with Crippen LogP contribution in [0.25, 0.3) is 0 Å². The van der Waals surface area contributed by atoms with Gasteiger partial charge in [0.05, 0.1) is 4.90 Å². The molecule has 2 aliphatic rings. The maximum Gasteiger partial charge on any atom is 0.254 e. The van der Waals surface area contributed by atoms with E-state index in [1.807, 2.05) is 86.6 Å². The summed E-state index contributed by atoms with van der Waals surface area (Å²) in [5.74, 6) is -0.0210. The lowest BCUT2D eigenvalue weighted by Gasteiger charge is -2.40. The van der Waals surface area contributed by atoms with Crippen LogP contribution < -0.4 is 10.0 Å². The molecule has 1 aliphatic carbocycles. The van der Waals surface area contributed by atoms with Crippen molar-refractivity contribution in [3.63, 3.8) is 0 Å². The van der Waals surface area contributed by atoms with Crippen LogP contribution in [0, 0.1) is 0 Å². The molecule has 2 atom stereocenters. The number of carbonyl (C=O) groups excluding carboxylic acids is 1. The Kier molecular flexibility index (Phi) is 8.03. The molecule has 1 heterocycles. The Morgan fingerprint density at radius 2 is 1.68 bits per heavy atom. The molecule has 0 saturated heterocycles. The zero-order valence-corrected chi connectivity index (χ0v) is 25.6. The van der Waals surface area contributed by atoms with Crippen molar-refractivity contribution in [2.45, 2.75) is 68.5 Å². The van der Waals surface area contributed by atoms with Crippen LogP contribution in [0.2, 0.25) is 0 Å². The smallest absolute Gasteiger partial charge is 0.254 e. The number of benzene rings is 3. The lowest BCUT2D eigenvalue weighted by Crippen LogP contribution is -2.44. The summed E-state index contributed by atoms with van der Waals surface area (Å²) in [7, 11) is 0.338. The number of aryl methyl sites for hydroxylation is 1. The van der Waals surface area contributed by atoms with Crippen LogP contribution >= 0.6 is 0 Å². The third-order valence-electron chi connectivity index (χ3n) is 8.37. The molecule has 8 heteroatoms. The molecular formula is C33H42N4O3S. The number of likely N-dealkylation sites (N-methyl/N-ethyl adjacent to an activating group) is 1. The Labute approximate surface area is 245 Å². The summed E-state index contributed by atoms with van der Waals surface area (Å²) in [5, 5.41) is 3.63. The van der Waals surface area contributed by atoms with Crippen LogP contribution in [0.1, 0.15) is 60.7 Å². The van der Waals surface area contributed by atoms with E-state index < -0.39 is 10.0 Å². The lowest BCUT2D eigenvalue weighted by molar-refractivity contribution is 0.0732. The molecule has 1 fully saturated rings. The standard InChI is InChI=1S/C33H42N4O3S/c1-6-24-12-15-27(16-13-24)41(39,40)35-30-21-33(30)23-32(2,3)34-29-17-14-26(20-28(29)33)31(38)37(19-18-36(4)5)22-25-10-8-7-9-11-25/h7-17,20,30,34-35H,6,18-19,21-23H2,1-5H3. The molecule has 2 N–H and O–H groups in total. The summed E-state index contributed by atoms with van der Waals surface area (Å²) in [5.41, 5.74) is 4.21. The Balaban J connectivity index is 1.43. The average molecular weight is 575 g/mol. The van der Waals surface area contributed by atoms with E-state index in [2.05, 4.69) is 28.8 Å². The van der Waals surface area contributed by atoms with Gasteiger partial charge >= 0.3 is 0 Å². The van der Waals surface area contributed by atoms with Crippen LogP contribution in [0.5, 0.6) is 0 Å². The molecule has 0 aromatic heterocycles. The van der Waals surface area contributed by atoms with Crippen LogP contribution in [-0.2, 0) is 28.4 Å². The maximum atomic E-state index is 13.9. The van der Waals surface area contributed by atoms with Gasteiger partial charge in [-0.2, -0.15) is 0 Å². The first kappa shape index (κ1) is 29.3. The molecule has 41 heavy (non-hydrogen) atoms. The second-order valence-electron chi connectivity index (χ2n) is 12.5. The first-order valence-corrected chi connectivity index (χ1v) is 15.9. The summed E-state index contributed by atoms with van der Waals surface area (Å²) in [6.45, 7) is 8.23. The summed E-state index contributed by atoms with van der Waals surface area (Å²) in [6, 6.07) is 22.8. The SMILES string of the molecule is CCc1ccc(S(=O)(=O)NC2CC23CC(C)(C)Nc2ccc(C(=O)N(CCN(C)C)Cc4ccccc4)cc23)cc1. The maximum absolute atomic E-state index is 13.9. The largest absolute Gasteiger partial charge is 0.380 e. The summed E-state index contributed by atoms with van der Waals surface area (Å²) < 4.78 is 29.7. The number of rotatable bonds is 10. The normalized spacial score (nSPS) is 20.9. The third-order valence-corrected chi connectivity index (χ3v) is 9.86. The van der Waals surface area contributed by atoms with Crippen molar-refractivity contribution in [3.05, 3.63) is 95.1 Å². The fourth-order valence-electron chi connectivity index (χ4n) is 6.16. The molecule has 0 bridgehead atoms. The van der Waals surface area contributed by atoms with Gasteiger partial charge < -0.3 is 15.1 Å². The van der Waals surface area contributed by atoms with Crippen LogP contribution in [0.3, 0.4) is 0 Å². The second-order valence-corrected chi connectivity index (χ2v) is 14.2. The van der Waals surface area contributed by atoms with Crippen molar-refractivity contribution in [2.75, 3.05) is 32.5 Å². The molecule has 1 aliphatic heterocycles. The summed E-state index contributed by atoms with van der Waals surface area (Å²) in [4.78, 5) is 18.2. The molecule has 1 amide bonds. The molecule has 5 rings (SSSR count). The van der Waals surface area contributed by atoms with Gasteiger partial charge in [-0.1, -0.05) is 49.4 Å². The van der Waals surface area contributed by atoms with Crippen LogP contribution in [0.15, 0.2) is 77.7 Å². The highest BCUT2D eigenvalue weighted by atomic mass is 32.2. The minimum atomic E-state index is -3.68. The van der Waals surface area contributed by atoms with Gasteiger partial charge in [0, 0.05) is 47.9 Å². The highest BCUT2D eigenvalue weighted by Gasteiger charge is 2.61. The van der Waals surface area contributed by atoms with Gasteiger partial charge in [0.25, 0.3) is 5.91 Å². The quantitative estimate of drug-likeness (QED) is 0.355. The fraction of sp³-hybridized carbons (Fsp3) is 0.424. The zero-order chi connectivity index (χ0) is 29.4. The van der Waals surface area contributed by atoms with E-state index in [1.54, 1.807) is 12.1 Å². The minimum Gasteiger partial charge on any atom is -0.380 e. The van der Waals surface area contributed by atoms with Crippen molar-refractivity contribution in [3.8, 4) is 0 Å². The molecular weight excluding hydrogens is 532 g/mol. The number of sulfonamides is 1. The molecule has 218 valence electrons. The predicted octanol–water partition coefficient (Wildman–Crippen LogP) is 5.04. The predicted molar refractivity (Wildman–Crippen MR) is 165 cm³/mol. The number of nitrogens with zero attached hydrogens (tertiary/aromatic N) is 2. The first-order valence-electron chi connectivity index (χ1n) is 14.4. The molecule has 3 aromatic carbocycles. The van der Waals surface area contributed by atoms with E-state index in [9.17, 15) is 13.2 Å². The number of amides is 1. The van der Waals surface area contributed by atoms with Gasteiger partial charge in [0.2, 0.25) is 10.0 Å². The Morgan fingerprint density at radius 3 is 2.34 bits per heavy atom. The number of anilines is 1. The van der Waals surface area contributed by atoms with Crippen molar-refractivity contribution >= 4 is 21.6 Å². The van der Waals surface area contributed by atoms with Crippen LogP contribution in [-0.4, -0.2) is 62.9 Å². The van der Waals surface area contributed by atoms with Gasteiger partial charge in [-0.25, -0.2) is 13.1 Å². The van der Waals surface area contributed by atoms with Gasteiger partial charge in [-0.15, -0.1) is 0 Å². The molecule has 2 unspecified atom stereocenters. The molecule has 3 aromatic rings. The number of nitrogens with one attached hydrogen (secondary N) is 2. The monoisotopic (exact) mass is 574 g/mol. The Morgan fingerprint density at radius 1 is 0.976 bits per heavy atom. The molecule has 7 nitrogen and oxygen atoms in total. The molecule has 1 spiro atoms. The van der Waals surface area contributed by atoms with Crippen molar-refractivity contribution in [1.82, 2.24) is 14.5 Å². The zero-order valence-electron chi connectivity index (χ0n) is 24.8. The van der Waals surface area contributed by atoms with E-state index in [0.29, 0.717) is 25.1 Å². The Bertz CT molecular complexity index is 1500. The van der Waals surface area contributed by atoms with E-state index in [1.165, 1.54) is 0 Å². The number of hydrogen-bond donors (Lipinski definition) is 2. The van der Waals surface area contributed by atoms with Gasteiger partial charge in [-0.05, 0) is 94.2 Å². The van der Waals surface area contributed by atoms with Gasteiger partial charge in [0.1, 0.15) is 0 Å². The van der Waals surface area contributed by atoms with E-state index in [4.69, 9.17) is 0 Å². The number of carbonyl (C=O) groups is 1. The molecule has 1 saturated carbocycles. The van der Waals surface area contributed by atoms with Gasteiger partial charge in [-0.3, -0.25) is 4.79 Å². The first-order chi connectivity index (χ1) is 19.4. The lowest BCUT2D eigenvalue weighted by atomic mass is 9.77. The Hall–Kier alpha value is -3.20. The number of hydrogen-bond acceptors (Lipinski definition) is 5. The summed E-state index contributed by atoms with van der Waals surface area (Å²) >= 11 is 0. The van der Waals surface area contributed by atoms with Crippen molar-refractivity contribution in [2.24, 2.45) is 0 Å². The van der Waals surface area contributed by atoms with Crippen molar-refractivity contribution in [1.29, 1.82) is 0 Å². The minimum absolute atomic E-state index is 0.0210. The van der Waals surface area contributed by atoms with Gasteiger partial charge in [0.15, 0.2) is 0 Å². The van der Waals surface area contributed by atoms with E-state index in [-0.39, 0.29) is 27.8 Å².